The predicted octanol–water partition coefficient (Wildman–Crippen LogP) is 1.86. The number of rotatable bonds is 2. The molecular weight excluding hydrogens is 270 g/mol. The maximum atomic E-state index is 10.8. The van der Waals surface area contributed by atoms with Crippen molar-refractivity contribution in [3.63, 3.8) is 0 Å². The van der Waals surface area contributed by atoms with Crippen LogP contribution >= 0.6 is 11.6 Å². The van der Waals surface area contributed by atoms with Gasteiger partial charge in [-0.05, 0) is 0 Å². The Labute approximate surface area is 113 Å². The smallest absolute Gasteiger partial charge is 0.276 e. The van der Waals surface area contributed by atoms with Gasteiger partial charge in [-0.1, -0.05) is 11.6 Å². The second kappa shape index (κ2) is 4.51. The summed E-state index contributed by atoms with van der Waals surface area (Å²) < 4.78 is 2.05. The molecule has 98 valence electrons. The molecule has 0 atom stereocenters. The summed E-state index contributed by atoms with van der Waals surface area (Å²) in [5, 5.41) is 11.0. The van der Waals surface area contributed by atoms with Crippen molar-refractivity contribution in [3.8, 4) is 0 Å². The standard InChI is InChI=1S/C11H10ClN5O2/c12-9-5-8(17(18)19)6-10(14-9)16-4-3-15-2-1-13-11(15)7-16/h1-2,5-6H,3-4,7H2. The van der Waals surface area contributed by atoms with Crippen molar-refractivity contribution in [3.05, 3.63) is 45.6 Å². The van der Waals surface area contributed by atoms with Crippen LogP contribution < -0.4 is 4.90 Å². The minimum absolute atomic E-state index is 0.0519. The zero-order valence-electron chi connectivity index (χ0n) is 9.86. The zero-order chi connectivity index (χ0) is 13.4. The lowest BCUT2D eigenvalue weighted by molar-refractivity contribution is -0.384. The van der Waals surface area contributed by atoms with Crippen molar-refractivity contribution in [2.24, 2.45) is 0 Å². The van der Waals surface area contributed by atoms with E-state index in [1.807, 2.05) is 11.1 Å². The average Bonchev–Trinajstić information content (AvgIpc) is 2.85. The predicted molar refractivity (Wildman–Crippen MR) is 69.2 cm³/mol. The number of imidazole rings is 1. The van der Waals surface area contributed by atoms with Crippen molar-refractivity contribution >= 4 is 23.1 Å². The molecule has 0 N–H and O–H groups in total. The first kappa shape index (κ1) is 11.9. The maximum Gasteiger partial charge on any atom is 0.276 e. The SMILES string of the molecule is O=[N+]([O-])c1cc(Cl)nc(N2CCn3ccnc3C2)c1. The van der Waals surface area contributed by atoms with Crippen LogP contribution in [0.1, 0.15) is 5.82 Å². The van der Waals surface area contributed by atoms with Crippen molar-refractivity contribution < 1.29 is 4.92 Å². The minimum atomic E-state index is -0.470. The molecule has 7 nitrogen and oxygen atoms in total. The van der Waals surface area contributed by atoms with Crippen LogP contribution in [0.3, 0.4) is 0 Å². The van der Waals surface area contributed by atoms with Crippen molar-refractivity contribution in [1.82, 2.24) is 14.5 Å². The van der Waals surface area contributed by atoms with Gasteiger partial charge in [-0.2, -0.15) is 0 Å². The van der Waals surface area contributed by atoms with E-state index < -0.39 is 4.92 Å². The van der Waals surface area contributed by atoms with Gasteiger partial charge in [0.25, 0.3) is 5.69 Å². The zero-order valence-corrected chi connectivity index (χ0v) is 10.6. The van der Waals surface area contributed by atoms with Crippen molar-refractivity contribution in [1.29, 1.82) is 0 Å². The van der Waals surface area contributed by atoms with E-state index in [2.05, 4.69) is 14.5 Å². The first-order valence-corrected chi connectivity index (χ1v) is 6.08. The third-order valence-electron chi connectivity index (χ3n) is 3.04. The summed E-state index contributed by atoms with van der Waals surface area (Å²) in [6.07, 6.45) is 3.66. The van der Waals surface area contributed by atoms with E-state index in [0.29, 0.717) is 18.9 Å². The van der Waals surface area contributed by atoms with Gasteiger partial charge < -0.3 is 9.47 Å². The minimum Gasteiger partial charge on any atom is -0.347 e. The van der Waals surface area contributed by atoms with Gasteiger partial charge in [0, 0.05) is 25.5 Å². The third-order valence-corrected chi connectivity index (χ3v) is 3.24. The highest BCUT2D eigenvalue weighted by atomic mass is 35.5. The Hall–Kier alpha value is -2.15. The van der Waals surface area contributed by atoms with Gasteiger partial charge >= 0.3 is 0 Å². The van der Waals surface area contributed by atoms with Gasteiger partial charge in [0.05, 0.1) is 23.6 Å². The van der Waals surface area contributed by atoms with Crippen LogP contribution in [-0.2, 0) is 13.1 Å². The molecular formula is C11H10ClN5O2. The van der Waals surface area contributed by atoms with Crippen LogP contribution in [0.5, 0.6) is 0 Å². The summed E-state index contributed by atoms with van der Waals surface area (Å²) in [5.41, 5.74) is -0.0519. The quantitative estimate of drug-likeness (QED) is 0.476. The highest BCUT2D eigenvalue weighted by molar-refractivity contribution is 6.29. The first-order chi connectivity index (χ1) is 9.13. The normalized spacial score (nSPS) is 14.3. The molecule has 8 heteroatoms. The highest BCUT2D eigenvalue weighted by Gasteiger charge is 2.20. The number of nitrogens with zero attached hydrogens (tertiary/aromatic N) is 5. The van der Waals surface area contributed by atoms with Gasteiger partial charge in [-0.15, -0.1) is 0 Å². The molecule has 0 fully saturated rings. The Kier molecular flexibility index (Phi) is 2.83. The molecule has 3 heterocycles. The number of nitro groups is 1. The van der Waals surface area contributed by atoms with E-state index in [4.69, 9.17) is 11.6 Å². The molecule has 19 heavy (non-hydrogen) atoms. The fourth-order valence-corrected chi connectivity index (χ4v) is 2.30. The molecule has 0 amide bonds. The fourth-order valence-electron chi connectivity index (χ4n) is 2.11. The second-order valence-electron chi connectivity index (χ2n) is 4.22. The van der Waals surface area contributed by atoms with Gasteiger partial charge in [-0.3, -0.25) is 10.1 Å². The lowest BCUT2D eigenvalue weighted by Gasteiger charge is -2.28. The second-order valence-corrected chi connectivity index (χ2v) is 4.61. The largest absolute Gasteiger partial charge is 0.347 e. The summed E-state index contributed by atoms with van der Waals surface area (Å²) >= 11 is 5.83. The molecule has 0 radical (unpaired) electrons. The molecule has 2 aromatic heterocycles. The lowest BCUT2D eigenvalue weighted by Crippen LogP contribution is -2.34. The summed E-state index contributed by atoms with van der Waals surface area (Å²) in [6, 6.07) is 2.68. The molecule has 3 rings (SSSR count). The molecule has 0 spiro atoms. The summed E-state index contributed by atoms with van der Waals surface area (Å²) in [4.78, 5) is 20.7. The number of aromatic nitrogens is 3. The Morgan fingerprint density at radius 2 is 2.21 bits per heavy atom. The van der Waals surface area contributed by atoms with E-state index in [-0.39, 0.29) is 10.8 Å². The summed E-state index contributed by atoms with van der Waals surface area (Å²) in [5.74, 6) is 1.42. The van der Waals surface area contributed by atoms with Crippen LogP contribution in [0.15, 0.2) is 24.5 Å². The van der Waals surface area contributed by atoms with E-state index >= 15 is 0 Å². The summed E-state index contributed by atoms with van der Waals surface area (Å²) in [7, 11) is 0. The summed E-state index contributed by atoms with van der Waals surface area (Å²) in [6.45, 7) is 2.06. The highest BCUT2D eigenvalue weighted by Crippen LogP contribution is 2.25. The average molecular weight is 280 g/mol. The van der Waals surface area contributed by atoms with E-state index in [9.17, 15) is 10.1 Å². The number of hydrogen-bond acceptors (Lipinski definition) is 5. The molecule has 1 aliphatic rings. The van der Waals surface area contributed by atoms with Crippen LogP contribution in [0, 0.1) is 10.1 Å². The van der Waals surface area contributed by atoms with Crippen LogP contribution in [-0.4, -0.2) is 26.0 Å². The topological polar surface area (TPSA) is 77.1 Å². The van der Waals surface area contributed by atoms with Crippen molar-refractivity contribution in [2.45, 2.75) is 13.1 Å². The Morgan fingerprint density at radius 3 is 3.00 bits per heavy atom. The van der Waals surface area contributed by atoms with E-state index in [1.165, 1.54) is 12.1 Å². The first-order valence-electron chi connectivity index (χ1n) is 5.70. The molecule has 0 saturated heterocycles. The van der Waals surface area contributed by atoms with Gasteiger partial charge in [-0.25, -0.2) is 9.97 Å². The van der Waals surface area contributed by atoms with Crippen molar-refractivity contribution in [2.75, 3.05) is 11.4 Å². The molecule has 0 aromatic carbocycles. The number of halogens is 1. The third kappa shape index (κ3) is 2.24. The van der Waals surface area contributed by atoms with E-state index in [0.717, 1.165) is 12.4 Å². The molecule has 0 bridgehead atoms. The van der Waals surface area contributed by atoms with Crippen LogP contribution in [0.4, 0.5) is 11.5 Å². The molecule has 1 aliphatic heterocycles. The number of anilines is 1. The maximum absolute atomic E-state index is 10.8. The number of fused-ring (bicyclic) bond motifs is 1. The Bertz CT molecular complexity index is 642. The number of pyridine rings is 1. The Morgan fingerprint density at radius 1 is 1.37 bits per heavy atom. The number of hydrogen-bond donors (Lipinski definition) is 0. The van der Waals surface area contributed by atoms with Crippen LogP contribution in [0.25, 0.3) is 0 Å². The molecule has 0 aliphatic carbocycles. The van der Waals surface area contributed by atoms with Gasteiger partial charge in [0.2, 0.25) is 0 Å². The van der Waals surface area contributed by atoms with E-state index in [1.54, 1.807) is 6.20 Å². The fraction of sp³-hybridized carbons (Fsp3) is 0.273. The molecule has 0 saturated carbocycles. The Balaban J connectivity index is 1.93. The van der Waals surface area contributed by atoms with Gasteiger partial charge in [0.15, 0.2) is 0 Å². The molecule has 0 unspecified atom stereocenters. The van der Waals surface area contributed by atoms with Crippen LogP contribution in [0.2, 0.25) is 5.15 Å². The lowest BCUT2D eigenvalue weighted by atomic mass is 10.3. The van der Waals surface area contributed by atoms with Gasteiger partial charge in [0.1, 0.15) is 16.8 Å². The molecule has 2 aromatic rings. The monoisotopic (exact) mass is 279 g/mol.